The smallest absolute Gasteiger partial charge is 0.266 e. The summed E-state index contributed by atoms with van der Waals surface area (Å²) < 4.78 is 2.16. The Morgan fingerprint density at radius 1 is 1.36 bits per heavy atom. The van der Waals surface area contributed by atoms with Gasteiger partial charge in [0.25, 0.3) is 11.8 Å². The van der Waals surface area contributed by atoms with Crippen LogP contribution in [0, 0.1) is 13.8 Å². The van der Waals surface area contributed by atoms with Crippen molar-refractivity contribution < 1.29 is 9.59 Å². The molecule has 0 unspecified atom stereocenters. The highest BCUT2D eigenvalue weighted by Gasteiger charge is 2.21. The van der Waals surface area contributed by atoms with E-state index in [2.05, 4.69) is 31.9 Å². The number of nitrogens with one attached hydrogen (secondary N) is 2. The van der Waals surface area contributed by atoms with Gasteiger partial charge in [-0.05, 0) is 47.6 Å². The summed E-state index contributed by atoms with van der Waals surface area (Å²) in [7, 11) is 0. The third-order valence-corrected chi connectivity index (χ3v) is 5.61. The number of aromatic nitrogens is 2. The first-order chi connectivity index (χ1) is 10.4. The van der Waals surface area contributed by atoms with Gasteiger partial charge >= 0.3 is 0 Å². The SMILES string of the molecule is CCn1nc(C)c(Br)c1C(=O)NNC(=O)c1scc(C)c1Cl. The molecule has 2 rings (SSSR count). The third-order valence-electron chi connectivity index (χ3n) is 2.96. The topological polar surface area (TPSA) is 76.0 Å². The van der Waals surface area contributed by atoms with E-state index in [0.29, 0.717) is 32.3 Å². The fraction of sp³-hybridized carbons (Fsp3) is 0.308. The van der Waals surface area contributed by atoms with Crippen molar-refractivity contribution in [3.05, 3.63) is 36.7 Å². The molecule has 2 N–H and O–H groups in total. The van der Waals surface area contributed by atoms with Crippen LogP contribution >= 0.6 is 38.9 Å². The molecule has 2 aromatic rings. The first-order valence-corrected chi connectivity index (χ1v) is 8.49. The number of amides is 2. The number of hydrogen-bond acceptors (Lipinski definition) is 4. The molecule has 6 nitrogen and oxygen atoms in total. The number of halogens is 2. The second kappa shape index (κ2) is 6.80. The second-order valence-corrected chi connectivity index (χ2v) is 6.58. The molecule has 2 heterocycles. The van der Waals surface area contributed by atoms with Crippen LogP contribution in [-0.4, -0.2) is 21.6 Å². The van der Waals surface area contributed by atoms with E-state index in [4.69, 9.17) is 11.6 Å². The highest BCUT2D eigenvalue weighted by atomic mass is 79.9. The standard InChI is InChI=1S/C13H14BrClN4O2S/c1-4-19-10(8(14)7(3)18-19)12(20)16-17-13(21)11-9(15)6(2)5-22-11/h5H,4H2,1-3H3,(H,16,20)(H,17,21). The van der Waals surface area contributed by atoms with Gasteiger partial charge in [0.1, 0.15) is 10.6 Å². The highest BCUT2D eigenvalue weighted by molar-refractivity contribution is 9.10. The number of hydrazine groups is 1. The van der Waals surface area contributed by atoms with E-state index >= 15 is 0 Å². The zero-order chi connectivity index (χ0) is 16.4. The van der Waals surface area contributed by atoms with E-state index in [0.717, 1.165) is 5.56 Å². The van der Waals surface area contributed by atoms with Gasteiger partial charge in [0.2, 0.25) is 0 Å². The van der Waals surface area contributed by atoms with Crippen LogP contribution in [0.5, 0.6) is 0 Å². The Morgan fingerprint density at radius 2 is 2.00 bits per heavy atom. The van der Waals surface area contributed by atoms with E-state index in [-0.39, 0.29) is 0 Å². The summed E-state index contributed by atoms with van der Waals surface area (Å²) in [6, 6.07) is 0. The van der Waals surface area contributed by atoms with Crippen LogP contribution in [0.15, 0.2) is 9.85 Å². The van der Waals surface area contributed by atoms with Crippen molar-refractivity contribution in [3.8, 4) is 0 Å². The summed E-state index contributed by atoms with van der Waals surface area (Å²) in [6.07, 6.45) is 0. The van der Waals surface area contributed by atoms with Crippen molar-refractivity contribution >= 4 is 50.7 Å². The van der Waals surface area contributed by atoms with Gasteiger partial charge in [-0.3, -0.25) is 25.1 Å². The van der Waals surface area contributed by atoms with Gasteiger partial charge in [0.15, 0.2) is 0 Å². The quantitative estimate of drug-likeness (QED) is 0.771. The fourth-order valence-electron chi connectivity index (χ4n) is 1.82. The predicted octanol–water partition coefficient (Wildman–Crippen LogP) is 3.07. The zero-order valence-electron chi connectivity index (χ0n) is 12.2. The maximum Gasteiger partial charge on any atom is 0.289 e. The number of aryl methyl sites for hydroxylation is 3. The molecule has 0 aliphatic heterocycles. The van der Waals surface area contributed by atoms with Gasteiger partial charge < -0.3 is 0 Å². The van der Waals surface area contributed by atoms with Crippen molar-refractivity contribution in [3.63, 3.8) is 0 Å². The lowest BCUT2D eigenvalue weighted by Crippen LogP contribution is -2.42. The lowest BCUT2D eigenvalue weighted by atomic mass is 10.3. The summed E-state index contributed by atoms with van der Waals surface area (Å²) in [5.41, 5.74) is 6.63. The minimum atomic E-state index is -0.452. The summed E-state index contributed by atoms with van der Waals surface area (Å²) in [4.78, 5) is 24.6. The van der Waals surface area contributed by atoms with E-state index in [1.165, 1.54) is 11.3 Å². The Bertz CT molecular complexity index is 741. The van der Waals surface area contributed by atoms with Crippen LogP contribution in [-0.2, 0) is 6.54 Å². The zero-order valence-corrected chi connectivity index (χ0v) is 15.3. The minimum Gasteiger partial charge on any atom is -0.266 e. The number of carbonyl (C=O) groups is 2. The summed E-state index contributed by atoms with van der Waals surface area (Å²) in [6.45, 7) is 6.02. The summed E-state index contributed by atoms with van der Waals surface area (Å²) >= 11 is 10.6. The molecule has 2 aromatic heterocycles. The van der Waals surface area contributed by atoms with Gasteiger partial charge in [-0.2, -0.15) is 5.10 Å². The molecular weight excluding hydrogens is 392 g/mol. The lowest BCUT2D eigenvalue weighted by Gasteiger charge is -2.08. The molecule has 0 spiro atoms. The monoisotopic (exact) mass is 404 g/mol. The fourth-order valence-corrected chi connectivity index (χ4v) is 3.46. The van der Waals surface area contributed by atoms with Crippen molar-refractivity contribution in [2.75, 3.05) is 0 Å². The molecular formula is C13H14BrClN4O2S. The second-order valence-electron chi connectivity index (χ2n) is 4.53. The lowest BCUT2D eigenvalue weighted by molar-refractivity contribution is 0.0842. The van der Waals surface area contributed by atoms with E-state index in [1.807, 2.05) is 13.8 Å². The highest BCUT2D eigenvalue weighted by Crippen LogP contribution is 2.26. The van der Waals surface area contributed by atoms with Gasteiger partial charge in [-0.1, -0.05) is 11.6 Å². The van der Waals surface area contributed by atoms with E-state index in [1.54, 1.807) is 17.0 Å². The van der Waals surface area contributed by atoms with Gasteiger partial charge in [0.05, 0.1) is 15.2 Å². The molecule has 0 aliphatic rings. The molecule has 0 bridgehead atoms. The Hall–Kier alpha value is -1.38. The first-order valence-electron chi connectivity index (χ1n) is 6.44. The normalized spacial score (nSPS) is 10.6. The molecule has 0 aromatic carbocycles. The number of nitrogens with zero attached hydrogens (tertiary/aromatic N) is 2. The molecule has 118 valence electrons. The van der Waals surface area contributed by atoms with Crippen molar-refractivity contribution in [1.29, 1.82) is 0 Å². The van der Waals surface area contributed by atoms with Crippen LogP contribution < -0.4 is 10.9 Å². The predicted molar refractivity (Wildman–Crippen MR) is 89.3 cm³/mol. The van der Waals surface area contributed by atoms with Crippen LogP contribution in [0.25, 0.3) is 0 Å². The number of carbonyl (C=O) groups excluding carboxylic acids is 2. The molecule has 0 fully saturated rings. The molecule has 2 amide bonds. The molecule has 0 radical (unpaired) electrons. The third kappa shape index (κ3) is 3.18. The molecule has 0 atom stereocenters. The number of hydrogen-bond donors (Lipinski definition) is 2. The van der Waals surface area contributed by atoms with E-state index < -0.39 is 11.8 Å². The van der Waals surface area contributed by atoms with Crippen LogP contribution in [0.4, 0.5) is 0 Å². The van der Waals surface area contributed by atoms with Crippen LogP contribution in [0.1, 0.15) is 38.3 Å². The van der Waals surface area contributed by atoms with Gasteiger partial charge in [-0.25, -0.2) is 0 Å². The Morgan fingerprint density at radius 3 is 2.55 bits per heavy atom. The van der Waals surface area contributed by atoms with Crippen molar-refractivity contribution in [2.45, 2.75) is 27.3 Å². The molecule has 9 heteroatoms. The maximum absolute atomic E-state index is 12.2. The van der Waals surface area contributed by atoms with Crippen LogP contribution in [0.3, 0.4) is 0 Å². The van der Waals surface area contributed by atoms with Crippen molar-refractivity contribution in [1.82, 2.24) is 20.6 Å². The average Bonchev–Trinajstić information content (AvgIpc) is 2.97. The number of rotatable bonds is 3. The Labute approximate surface area is 144 Å². The van der Waals surface area contributed by atoms with Gasteiger partial charge in [0, 0.05) is 6.54 Å². The maximum atomic E-state index is 12.2. The minimum absolute atomic E-state index is 0.355. The summed E-state index contributed by atoms with van der Waals surface area (Å²) in [5, 5.41) is 6.41. The Kier molecular flexibility index (Phi) is 5.25. The average molecular weight is 406 g/mol. The molecule has 0 saturated carbocycles. The van der Waals surface area contributed by atoms with Gasteiger partial charge in [-0.15, -0.1) is 11.3 Å². The van der Waals surface area contributed by atoms with Crippen LogP contribution in [0.2, 0.25) is 5.02 Å². The van der Waals surface area contributed by atoms with E-state index in [9.17, 15) is 9.59 Å². The first kappa shape index (κ1) is 17.0. The molecule has 0 aliphatic carbocycles. The molecule has 0 saturated heterocycles. The largest absolute Gasteiger partial charge is 0.289 e. The van der Waals surface area contributed by atoms with Crippen molar-refractivity contribution in [2.24, 2.45) is 0 Å². The number of thiophene rings is 1. The Balaban J connectivity index is 2.10. The summed E-state index contributed by atoms with van der Waals surface area (Å²) in [5.74, 6) is -0.904. The molecule has 22 heavy (non-hydrogen) atoms.